The van der Waals surface area contributed by atoms with E-state index in [1.807, 2.05) is 12.3 Å². The normalized spacial score (nSPS) is 25.0. The van der Waals surface area contributed by atoms with E-state index in [4.69, 9.17) is 11.6 Å². The third-order valence-corrected chi connectivity index (χ3v) is 4.59. The predicted octanol–water partition coefficient (Wildman–Crippen LogP) is 2.64. The second-order valence-electron chi connectivity index (χ2n) is 4.90. The Bertz CT molecular complexity index is 420. The summed E-state index contributed by atoms with van der Waals surface area (Å²) in [5, 5.41) is 11.7. The molecule has 1 aliphatic heterocycles. The summed E-state index contributed by atoms with van der Waals surface area (Å²) in [7, 11) is 0. The van der Waals surface area contributed by atoms with Crippen molar-refractivity contribution in [2.24, 2.45) is 5.41 Å². The Hall–Kier alpha value is -0.580. The van der Waals surface area contributed by atoms with Crippen LogP contribution in [-0.2, 0) is 0 Å². The maximum absolute atomic E-state index is 12.3. The SMILES string of the molecule is CC1(CO)CCCN(C(=O)c2sccc2Cl)C1. The van der Waals surface area contributed by atoms with Crippen molar-refractivity contribution in [1.29, 1.82) is 0 Å². The van der Waals surface area contributed by atoms with Gasteiger partial charge in [-0.15, -0.1) is 11.3 Å². The Morgan fingerprint density at radius 3 is 3.06 bits per heavy atom. The van der Waals surface area contributed by atoms with Crippen LogP contribution in [0.4, 0.5) is 0 Å². The van der Waals surface area contributed by atoms with E-state index in [0.717, 1.165) is 19.4 Å². The molecule has 1 N–H and O–H groups in total. The molecule has 1 atom stereocenters. The Labute approximate surface area is 110 Å². The minimum absolute atomic E-state index is 0.00984. The average Bonchev–Trinajstić information content (AvgIpc) is 2.75. The molecule has 17 heavy (non-hydrogen) atoms. The second-order valence-corrected chi connectivity index (χ2v) is 6.22. The minimum atomic E-state index is -0.169. The van der Waals surface area contributed by atoms with Gasteiger partial charge in [0, 0.05) is 18.5 Å². The third kappa shape index (κ3) is 2.64. The van der Waals surface area contributed by atoms with Crippen molar-refractivity contribution in [3.05, 3.63) is 21.3 Å². The topological polar surface area (TPSA) is 40.5 Å². The fraction of sp³-hybridized carbons (Fsp3) is 0.583. The largest absolute Gasteiger partial charge is 0.396 e. The highest BCUT2D eigenvalue weighted by Gasteiger charge is 2.33. The van der Waals surface area contributed by atoms with E-state index in [1.165, 1.54) is 11.3 Å². The van der Waals surface area contributed by atoms with Crippen LogP contribution in [0.25, 0.3) is 0 Å². The molecule has 0 saturated carbocycles. The first-order valence-electron chi connectivity index (χ1n) is 5.69. The molecule has 3 nitrogen and oxygen atoms in total. The van der Waals surface area contributed by atoms with Gasteiger partial charge in [0.1, 0.15) is 4.88 Å². The van der Waals surface area contributed by atoms with Crippen LogP contribution in [0.15, 0.2) is 11.4 Å². The van der Waals surface area contributed by atoms with Gasteiger partial charge in [-0.25, -0.2) is 0 Å². The second kappa shape index (κ2) is 4.96. The molecule has 94 valence electrons. The maximum atomic E-state index is 12.3. The van der Waals surface area contributed by atoms with Crippen LogP contribution in [0, 0.1) is 5.41 Å². The van der Waals surface area contributed by atoms with E-state index in [2.05, 4.69) is 0 Å². The van der Waals surface area contributed by atoms with Crippen LogP contribution in [0.2, 0.25) is 5.02 Å². The molecule has 0 spiro atoms. The summed E-state index contributed by atoms with van der Waals surface area (Å²) in [4.78, 5) is 14.7. The van der Waals surface area contributed by atoms with Crippen molar-refractivity contribution in [2.75, 3.05) is 19.7 Å². The summed E-state index contributed by atoms with van der Waals surface area (Å²) in [6.07, 6.45) is 1.90. The number of rotatable bonds is 2. The number of thiophene rings is 1. The van der Waals surface area contributed by atoms with Gasteiger partial charge >= 0.3 is 0 Å². The van der Waals surface area contributed by atoms with Crippen LogP contribution >= 0.6 is 22.9 Å². The molecule has 1 saturated heterocycles. The van der Waals surface area contributed by atoms with Crippen molar-refractivity contribution in [3.63, 3.8) is 0 Å². The number of nitrogens with zero attached hydrogens (tertiary/aromatic N) is 1. The van der Waals surface area contributed by atoms with E-state index < -0.39 is 0 Å². The quantitative estimate of drug-likeness (QED) is 0.900. The van der Waals surface area contributed by atoms with Gasteiger partial charge in [-0.2, -0.15) is 0 Å². The van der Waals surface area contributed by atoms with Crippen molar-refractivity contribution < 1.29 is 9.90 Å². The smallest absolute Gasteiger partial charge is 0.265 e. The lowest BCUT2D eigenvalue weighted by molar-refractivity contribution is 0.0361. The molecule has 1 aromatic rings. The van der Waals surface area contributed by atoms with E-state index in [0.29, 0.717) is 16.4 Å². The van der Waals surface area contributed by atoms with Crippen LogP contribution < -0.4 is 0 Å². The van der Waals surface area contributed by atoms with Gasteiger partial charge in [-0.05, 0) is 24.3 Å². The van der Waals surface area contributed by atoms with E-state index >= 15 is 0 Å². The van der Waals surface area contributed by atoms with E-state index in [9.17, 15) is 9.90 Å². The number of hydrogen-bond donors (Lipinski definition) is 1. The summed E-state index contributed by atoms with van der Waals surface area (Å²) in [6, 6.07) is 1.74. The number of hydrogen-bond acceptors (Lipinski definition) is 3. The number of halogens is 1. The number of amides is 1. The lowest BCUT2D eigenvalue weighted by atomic mass is 9.83. The Kier molecular flexibility index (Phi) is 3.76. The van der Waals surface area contributed by atoms with E-state index in [-0.39, 0.29) is 17.9 Å². The van der Waals surface area contributed by atoms with Gasteiger partial charge < -0.3 is 10.0 Å². The fourth-order valence-corrected chi connectivity index (χ4v) is 3.31. The highest BCUT2D eigenvalue weighted by atomic mass is 35.5. The number of piperidine rings is 1. The van der Waals surface area contributed by atoms with Crippen molar-refractivity contribution in [2.45, 2.75) is 19.8 Å². The van der Waals surface area contributed by atoms with Gasteiger partial charge in [0.2, 0.25) is 0 Å². The Balaban J connectivity index is 2.13. The summed E-state index contributed by atoms with van der Waals surface area (Å²) >= 11 is 7.35. The first-order valence-corrected chi connectivity index (χ1v) is 6.95. The van der Waals surface area contributed by atoms with Gasteiger partial charge in [-0.3, -0.25) is 4.79 Å². The first-order chi connectivity index (χ1) is 8.06. The third-order valence-electron chi connectivity index (χ3n) is 3.26. The number of aliphatic hydroxyl groups is 1. The van der Waals surface area contributed by atoms with Crippen LogP contribution in [-0.4, -0.2) is 35.6 Å². The number of carbonyl (C=O) groups is 1. The van der Waals surface area contributed by atoms with Gasteiger partial charge in [0.25, 0.3) is 5.91 Å². The predicted molar refractivity (Wildman–Crippen MR) is 69.7 cm³/mol. The van der Waals surface area contributed by atoms with Crippen LogP contribution in [0.3, 0.4) is 0 Å². The van der Waals surface area contributed by atoms with Crippen LogP contribution in [0.1, 0.15) is 29.4 Å². The van der Waals surface area contributed by atoms with Crippen molar-refractivity contribution in [3.8, 4) is 0 Å². The Morgan fingerprint density at radius 1 is 1.71 bits per heavy atom. The molecule has 0 aliphatic carbocycles. The summed E-state index contributed by atoms with van der Waals surface area (Å²) < 4.78 is 0. The number of carbonyl (C=O) groups excluding carboxylic acids is 1. The molecule has 0 aromatic carbocycles. The lowest BCUT2D eigenvalue weighted by Crippen LogP contribution is -2.46. The molecule has 1 amide bonds. The van der Waals surface area contributed by atoms with Crippen molar-refractivity contribution in [1.82, 2.24) is 4.90 Å². The van der Waals surface area contributed by atoms with Gasteiger partial charge in [0.05, 0.1) is 11.6 Å². The Morgan fingerprint density at radius 2 is 2.47 bits per heavy atom. The zero-order valence-electron chi connectivity index (χ0n) is 9.78. The molecule has 1 unspecified atom stereocenters. The van der Waals surface area contributed by atoms with Gasteiger partial charge in [0.15, 0.2) is 0 Å². The highest BCUT2D eigenvalue weighted by molar-refractivity contribution is 7.12. The highest BCUT2D eigenvalue weighted by Crippen LogP contribution is 2.31. The first kappa shape index (κ1) is 12.9. The number of likely N-dealkylation sites (tertiary alicyclic amines) is 1. The summed E-state index contributed by atoms with van der Waals surface area (Å²) in [5.74, 6) is -0.00984. The zero-order chi connectivity index (χ0) is 12.5. The summed E-state index contributed by atoms with van der Waals surface area (Å²) in [6.45, 7) is 3.50. The monoisotopic (exact) mass is 273 g/mol. The molecule has 2 heterocycles. The maximum Gasteiger partial charge on any atom is 0.265 e. The molecular weight excluding hydrogens is 258 g/mol. The molecule has 1 aromatic heterocycles. The van der Waals surface area contributed by atoms with Gasteiger partial charge in [-0.1, -0.05) is 18.5 Å². The molecular formula is C12H16ClNO2S. The molecule has 0 radical (unpaired) electrons. The number of aliphatic hydroxyl groups excluding tert-OH is 1. The molecule has 1 aliphatic rings. The van der Waals surface area contributed by atoms with E-state index in [1.54, 1.807) is 11.0 Å². The average molecular weight is 274 g/mol. The minimum Gasteiger partial charge on any atom is -0.396 e. The standard InChI is InChI=1S/C12H16ClNO2S/c1-12(8-15)4-2-5-14(7-12)11(16)10-9(13)3-6-17-10/h3,6,15H,2,4-5,7-8H2,1H3. The molecule has 0 bridgehead atoms. The molecule has 1 fully saturated rings. The zero-order valence-corrected chi connectivity index (χ0v) is 11.4. The molecule has 5 heteroatoms. The van der Waals surface area contributed by atoms with Crippen LogP contribution in [0.5, 0.6) is 0 Å². The summed E-state index contributed by atoms with van der Waals surface area (Å²) in [5.41, 5.74) is -0.169. The molecule has 2 rings (SSSR count). The lowest BCUT2D eigenvalue weighted by Gasteiger charge is -2.39. The van der Waals surface area contributed by atoms with Crippen molar-refractivity contribution >= 4 is 28.8 Å². The fourth-order valence-electron chi connectivity index (χ4n) is 2.21.